The van der Waals surface area contributed by atoms with Gasteiger partial charge in [-0.15, -0.1) is 11.3 Å². The Labute approximate surface area is 134 Å². The van der Waals surface area contributed by atoms with Crippen molar-refractivity contribution in [2.24, 2.45) is 0 Å². The lowest BCUT2D eigenvalue weighted by atomic mass is 10.2. The zero-order valence-corrected chi connectivity index (χ0v) is 12.6. The number of alkyl halides is 2. The number of fused-ring (bicyclic) bond motifs is 1. The van der Waals surface area contributed by atoms with Crippen molar-refractivity contribution in [3.05, 3.63) is 59.1 Å². The number of nitrogens with zero attached hydrogens (tertiary/aromatic N) is 1. The average molecular weight is 335 g/mol. The number of aromatic nitrogens is 1. The molecule has 118 valence electrons. The van der Waals surface area contributed by atoms with Gasteiger partial charge in [-0.25, -0.2) is 9.78 Å². The molecule has 1 aromatic heterocycles. The van der Waals surface area contributed by atoms with E-state index in [9.17, 15) is 13.6 Å². The molecule has 0 spiro atoms. The molecule has 0 unspecified atom stereocenters. The van der Waals surface area contributed by atoms with Gasteiger partial charge >= 0.3 is 12.6 Å². The molecule has 23 heavy (non-hydrogen) atoms. The van der Waals surface area contributed by atoms with Gasteiger partial charge in [0.1, 0.15) is 17.4 Å². The van der Waals surface area contributed by atoms with E-state index in [4.69, 9.17) is 4.74 Å². The second-order valence-corrected chi connectivity index (χ2v) is 5.67. The minimum absolute atomic E-state index is 0.0259. The fourth-order valence-electron chi connectivity index (χ4n) is 1.99. The number of halogens is 2. The number of rotatable bonds is 5. The molecule has 3 rings (SSSR count). The van der Waals surface area contributed by atoms with Crippen LogP contribution >= 0.6 is 11.3 Å². The number of carbonyl (C=O) groups excluding carboxylic acids is 1. The SMILES string of the molecule is O=C(OCc1nc2ccccc2s1)c1cccc(OC(F)F)c1. The highest BCUT2D eigenvalue weighted by molar-refractivity contribution is 7.18. The van der Waals surface area contributed by atoms with E-state index in [0.29, 0.717) is 5.01 Å². The summed E-state index contributed by atoms with van der Waals surface area (Å²) in [7, 11) is 0. The number of esters is 1. The number of benzene rings is 2. The second kappa shape index (κ2) is 6.70. The summed E-state index contributed by atoms with van der Waals surface area (Å²) in [6, 6.07) is 13.1. The van der Waals surface area contributed by atoms with Gasteiger partial charge in [-0.05, 0) is 30.3 Å². The Kier molecular flexibility index (Phi) is 4.47. The van der Waals surface area contributed by atoms with E-state index in [2.05, 4.69) is 9.72 Å². The molecule has 0 saturated carbocycles. The summed E-state index contributed by atoms with van der Waals surface area (Å²) in [5.74, 6) is -0.710. The number of thiazole rings is 1. The minimum Gasteiger partial charge on any atom is -0.455 e. The Morgan fingerprint density at radius 1 is 1.17 bits per heavy atom. The van der Waals surface area contributed by atoms with E-state index in [-0.39, 0.29) is 17.9 Å². The van der Waals surface area contributed by atoms with Crippen molar-refractivity contribution in [3.63, 3.8) is 0 Å². The van der Waals surface area contributed by atoms with E-state index in [1.807, 2.05) is 24.3 Å². The molecule has 0 N–H and O–H groups in total. The van der Waals surface area contributed by atoms with Crippen LogP contribution < -0.4 is 4.74 Å². The lowest BCUT2D eigenvalue weighted by molar-refractivity contribution is -0.0499. The summed E-state index contributed by atoms with van der Waals surface area (Å²) >= 11 is 1.43. The summed E-state index contributed by atoms with van der Waals surface area (Å²) in [6.07, 6.45) is 0. The van der Waals surface area contributed by atoms with E-state index in [1.54, 1.807) is 0 Å². The number of carbonyl (C=O) groups is 1. The quantitative estimate of drug-likeness (QED) is 0.654. The molecule has 1 heterocycles. The Morgan fingerprint density at radius 2 is 2.00 bits per heavy atom. The monoisotopic (exact) mass is 335 g/mol. The van der Waals surface area contributed by atoms with Gasteiger partial charge in [0.15, 0.2) is 0 Å². The molecule has 0 bridgehead atoms. The van der Waals surface area contributed by atoms with Crippen molar-refractivity contribution in [3.8, 4) is 5.75 Å². The van der Waals surface area contributed by atoms with Gasteiger partial charge in [-0.3, -0.25) is 0 Å². The zero-order chi connectivity index (χ0) is 16.2. The van der Waals surface area contributed by atoms with Crippen LogP contribution in [0.2, 0.25) is 0 Å². The lowest BCUT2D eigenvalue weighted by Gasteiger charge is -2.06. The molecule has 7 heteroatoms. The van der Waals surface area contributed by atoms with E-state index < -0.39 is 12.6 Å². The maximum absolute atomic E-state index is 12.2. The Balaban J connectivity index is 1.67. The standard InChI is InChI=1S/C16H11F2NO3S/c17-16(18)22-11-5-3-4-10(8-11)15(20)21-9-14-19-12-6-1-2-7-13(12)23-14/h1-8,16H,9H2. The predicted molar refractivity (Wildman–Crippen MR) is 81.8 cm³/mol. The van der Waals surface area contributed by atoms with Gasteiger partial charge in [-0.2, -0.15) is 8.78 Å². The first-order valence-electron chi connectivity index (χ1n) is 6.68. The van der Waals surface area contributed by atoms with Gasteiger partial charge < -0.3 is 9.47 Å². The molecule has 0 amide bonds. The van der Waals surface area contributed by atoms with Crippen molar-refractivity contribution in [1.82, 2.24) is 4.98 Å². The molecule has 0 radical (unpaired) electrons. The second-order valence-electron chi connectivity index (χ2n) is 4.56. The van der Waals surface area contributed by atoms with Crippen molar-refractivity contribution >= 4 is 27.5 Å². The van der Waals surface area contributed by atoms with Crippen LogP contribution in [0.25, 0.3) is 10.2 Å². The maximum Gasteiger partial charge on any atom is 0.387 e. The molecule has 0 aliphatic rings. The highest BCUT2D eigenvalue weighted by Gasteiger charge is 2.12. The number of para-hydroxylation sites is 1. The van der Waals surface area contributed by atoms with Gasteiger partial charge in [0.25, 0.3) is 0 Å². The van der Waals surface area contributed by atoms with Crippen molar-refractivity contribution in [2.45, 2.75) is 13.2 Å². The molecule has 0 aliphatic heterocycles. The average Bonchev–Trinajstić information content (AvgIpc) is 2.95. The topological polar surface area (TPSA) is 48.4 Å². The maximum atomic E-state index is 12.2. The summed E-state index contributed by atoms with van der Waals surface area (Å²) in [6.45, 7) is -2.91. The van der Waals surface area contributed by atoms with Crippen LogP contribution in [0.1, 0.15) is 15.4 Å². The molecule has 0 aliphatic carbocycles. The first kappa shape index (κ1) is 15.4. The normalized spacial score (nSPS) is 10.9. The van der Waals surface area contributed by atoms with Crippen molar-refractivity contribution in [1.29, 1.82) is 0 Å². The van der Waals surface area contributed by atoms with E-state index in [0.717, 1.165) is 10.2 Å². The predicted octanol–water partition coefficient (Wildman–Crippen LogP) is 4.25. The van der Waals surface area contributed by atoms with Crippen LogP contribution in [-0.4, -0.2) is 17.6 Å². The van der Waals surface area contributed by atoms with Gasteiger partial charge in [0.2, 0.25) is 0 Å². The molecule has 3 aromatic rings. The highest BCUT2D eigenvalue weighted by atomic mass is 32.1. The third kappa shape index (κ3) is 3.81. The van der Waals surface area contributed by atoms with E-state index >= 15 is 0 Å². The third-order valence-corrected chi connectivity index (χ3v) is 3.97. The van der Waals surface area contributed by atoms with Crippen molar-refractivity contribution in [2.75, 3.05) is 0 Å². The van der Waals surface area contributed by atoms with Crippen LogP contribution in [0, 0.1) is 0 Å². The number of hydrogen-bond donors (Lipinski definition) is 0. The van der Waals surface area contributed by atoms with Crippen LogP contribution in [0.3, 0.4) is 0 Å². The molecule has 2 aromatic carbocycles. The number of ether oxygens (including phenoxy) is 2. The molecular formula is C16H11F2NO3S. The molecular weight excluding hydrogens is 324 g/mol. The third-order valence-electron chi connectivity index (χ3n) is 2.96. The first-order chi connectivity index (χ1) is 11.1. The summed E-state index contributed by atoms with van der Waals surface area (Å²) in [4.78, 5) is 16.3. The van der Waals surface area contributed by atoms with Gasteiger partial charge in [0.05, 0.1) is 15.8 Å². The van der Waals surface area contributed by atoms with E-state index in [1.165, 1.54) is 35.6 Å². The largest absolute Gasteiger partial charge is 0.455 e. The fraction of sp³-hybridized carbons (Fsp3) is 0.125. The van der Waals surface area contributed by atoms with Crippen LogP contribution in [0.4, 0.5) is 8.78 Å². The first-order valence-corrected chi connectivity index (χ1v) is 7.50. The lowest BCUT2D eigenvalue weighted by Crippen LogP contribution is -2.07. The summed E-state index contributed by atoms with van der Waals surface area (Å²) < 4.78 is 34.8. The number of hydrogen-bond acceptors (Lipinski definition) is 5. The van der Waals surface area contributed by atoms with Gasteiger partial charge in [0, 0.05) is 0 Å². The Bertz CT molecular complexity index is 802. The molecule has 0 saturated heterocycles. The minimum atomic E-state index is -2.94. The Morgan fingerprint density at radius 3 is 2.78 bits per heavy atom. The summed E-state index contributed by atoms with van der Waals surface area (Å²) in [5.41, 5.74) is 0.986. The van der Waals surface area contributed by atoms with Crippen LogP contribution in [-0.2, 0) is 11.3 Å². The Hall–Kier alpha value is -2.54. The van der Waals surface area contributed by atoms with Gasteiger partial charge in [-0.1, -0.05) is 18.2 Å². The smallest absolute Gasteiger partial charge is 0.387 e. The zero-order valence-electron chi connectivity index (χ0n) is 11.7. The van der Waals surface area contributed by atoms with Crippen molar-refractivity contribution < 1.29 is 23.0 Å². The fourth-order valence-corrected chi connectivity index (χ4v) is 2.87. The molecule has 0 fully saturated rings. The van der Waals surface area contributed by atoms with Crippen LogP contribution in [0.15, 0.2) is 48.5 Å². The highest BCUT2D eigenvalue weighted by Crippen LogP contribution is 2.22. The molecule has 0 atom stereocenters. The summed E-state index contributed by atoms with van der Waals surface area (Å²) in [5, 5.41) is 0.666. The van der Waals surface area contributed by atoms with Crippen LogP contribution in [0.5, 0.6) is 5.75 Å². The molecule has 4 nitrogen and oxygen atoms in total.